The SMILES string of the molecule is COC(=O)c1cc(C(Oc2ccccc2)OC(c2cccc(F)c2)c2cocn2)ccc1C. The average molecular weight is 447 g/mol. The van der Waals surface area contributed by atoms with Gasteiger partial charge in [0.25, 0.3) is 0 Å². The summed E-state index contributed by atoms with van der Waals surface area (Å²) in [6.07, 6.45) is 0.959. The lowest BCUT2D eigenvalue weighted by Gasteiger charge is -2.26. The predicted octanol–water partition coefficient (Wildman–Crippen LogP) is 5.79. The highest BCUT2D eigenvalue weighted by Crippen LogP contribution is 2.34. The van der Waals surface area contributed by atoms with Gasteiger partial charge < -0.3 is 18.6 Å². The standard InChI is InChI=1S/C26H22FNO5/c1-17-11-12-19(14-22(17)25(29)30-2)26(32-21-9-4-3-5-10-21)33-24(23-15-31-16-28-23)18-7-6-8-20(27)13-18/h3-16,24,26H,1-2H3. The molecule has 168 valence electrons. The van der Waals surface area contributed by atoms with Gasteiger partial charge in [-0.25, -0.2) is 14.2 Å². The van der Waals surface area contributed by atoms with E-state index < -0.39 is 24.2 Å². The topological polar surface area (TPSA) is 70.8 Å². The van der Waals surface area contributed by atoms with Gasteiger partial charge in [-0.2, -0.15) is 0 Å². The highest BCUT2D eigenvalue weighted by Gasteiger charge is 2.26. The predicted molar refractivity (Wildman–Crippen MR) is 118 cm³/mol. The summed E-state index contributed by atoms with van der Waals surface area (Å²) in [4.78, 5) is 16.5. The van der Waals surface area contributed by atoms with E-state index in [1.807, 2.05) is 25.1 Å². The van der Waals surface area contributed by atoms with Crippen molar-refractivity contribution >= 4 is 5.97 Å². The summed E-state index contributed by atoms with van der Waals surface area (Å²) >= 11 is 0. The molecule has 0 bridgehead atoms. The van der Waals surface area contributed by atoms with Crippen LogP contribution in [0.2, 0.25) is 0 Å². The maximum Gasteiger partial charge on any atom is 0.338 e. The van der Waals surface area contributed by atoms with Crippen molar-refractivity contribution in [2.75, 3.05) is 7.11 Å². The second kappa shape index (κ2) is 10.1. The van der Waals surface area contributed by atoms with Gasteiger partial charge in [-0.15, -0.1) is 0 Å². The first-order valence-electron chi connectivity index (χ1n) is 10.2. The Morgan fingerprint density at radius 2 is 1.82 bits per heavy atom. The van der Waals surface area contributed by atoms with E-state index in [4.69, 9.17) is 18.6 Å². The van der Waals surface area contributed by atoms with Crippen LogP contribution in [0.15, 0.2) is 89.9 Å². The molecule has 0 aliphatic carbocycles. The number of esters is 1. The van der Waals surface area contributed by atoms with Gasteiger partial charge in [0.15, 0.2) is 6.39 Å². The van der Waals surface area contributed by atoms with E-state index in [1.165, 1.54) is 31.9 Å². The fourth-order valence-electron chi connectivity index (χ4n) is 3.38. The largest absolute Gasteiger partial charge is 0.465 e. The van der Waals surface area contributed by atoms with Crippen molar-refractivity contribution in [1.29, 1.82) is 0 Å². The number of halogens is 1. The molecular weight excluding hydrogens is 425 g/mol. The molecule has 33 heavy (non-hydrogen) atoms. The molecule has 0 radical (unpaired) electrons. The number of aromatic nitrogens is 1. The van der Waals surface area contributed by atoms with E-state index in [-0.39, 0.29) is 0 Å². The molecule has 0 fully saturated rings. The third-order valence-electron chi connectivity index (χ3n) is 5.06. The fraction of sp³-hybridized carbons (Fsp3) is 0.154. The highest BCUT2D eigenvalue weighted by molar-refractivity contribution is 5.91. The molecule has 0 aliphatic rings. The number of carbonyl (C=O) groups is 1. The second-order valence-corrected chi connectivity index (χ2v) is 7.31. The van der Waals surface area contributed by atoms with Gasteiger partial charge >= 0.3 is 5.97 Å². The van der Waals surface area contributed by atoms with E-state index in [2.05, 4.69) is 4.98 Å². The Morgan fingerprint density at radius 1 is 1.00 bits per heavy atom. The van der Waals surface area contributed by atoms with Crippen LogP contribution in [0, 0.1) is 12.7 Å². The monoisotopic (exact) mass is 447 g/mol. The minimum absolute atomic E-state index is 0.393. The number of para-hydroxylation sites is 1. The number of methoxy groups -OCH3 is 1. The van der Waals surface area contributed by atoms with Gasteiger partial charge in [0.05, 0.1) is 12.7 Å². The summed E-state index contributed by atoms with van der Waals surface area (Å²) in [6, 6.07) is 20.4. The molecule has 0 spiro atoms. The lowest BCUT2D eigenvalue weighted by molar-refractivity contribution is -0.113. The highest BCUT2D eigenvalue weighted by atomic mass is 19.1. The van der Waals surface area contributed by atoms with Crippen molar-refractivity contribution in [3.8, 4) is 5.75 Å². The maximum atomic E-state index is 14.0. The molecule has 2 atom stereocenters. The molecule has 0 saturated heterocycles. The number of nitrogens with zero attached hydrogens (tertiary/aromatic N) is 1. The number of hydrogen-bond donors (Lipinski definition) is 0. The van der Waals surface area contributed by atoms with Crippen molar-refractivity contribution in [3.63, 3.8) is 0 Å². The Labute approximate surface area is 190 Å². The molecule has 3 aromatic carbocycles. The molecule has 0 aliphatic heterocycles. The zero-order chi connectivity index (χ0) is 23.2. The second-order valence-electron chi connectivity index (χ2n) is 7.31. The number of carbonyl (C=O) groups excluding carboxylic acids is 1. The first-order valence-corrected chi connectivity index (χ1v) is 10.2. The van der Waals surface area contributed by atoms with Crippen LogP contribution in [-0.2, 0) is 9.47 Å². The van der Waals surface area contributed by atoms with Crippen LogP contribution in [0.3, 0.4) is 0 Å². The molecule has 1 aromatic heterocycles. The Kier molecular flexibility index (Phi) is 6.80. The molecular formula is C26H22FNO5. The number of rotatable bonds is 8. The first kappa shape index (κ1) is 22.2. The van der Waals surface area contributed by atoms with Gasteiger partial charge in [-0.3, -0.25) is 0 Å². The van der Waals surface area contributed by atoms with Gasteiger partial charge in [-0.05, 0) is 48.4 Å². The minimum atomic E-state index is -0.957. The Bertz CT molecular complexity index is 1210. The summed E-state index contributed by atoms with van der Waals surface area (Å²) in [7, 11) is 1.33. The van der Waals surface area contributed by atoms with Crippen LogP contribution in [0.4, 0.5) is 4.39 Å². The molecule has 4 aromatic rings. The smallest absolute Gasteiger partial charge is 0.338 e. The van der Waals surface area contributed by atoms with E-state index in [1.54, 1.807) is 42.5 Å². The Balaban J connectivity index is 1.76. The number of hydrogen-bond acceptors (Lipinski definition) is 6. The summed E-state index contributed by atoms with van der Waals surface area (Å²) in [6.45, 7) is 1.81. The fourth-order valence-corrected chi connectivity index (χ4v) is 3.38. The van der Waals surface area contributed by atoms with Crippen LogP contribution in [0.1, 0.15) is 45.1 Å². The van der Waals surface area contributed by atoms with Gasteiger partial charge in [0, 0.05) is 5.56 Å². The van der Waals surface area contributed by atoms with E-state index in [9.17, 15) is 9.18 Å². The minimum Gasteiger partial charge on any atom is -0.465 e. The van der Waals surface area contributed by atoms with Gasteiger partial charge in [-0.1, -0.05) is 42.5 Å². The van der Waals surface area contributed by atoms with Crippen LogP contribution >= 0.6 is 0 Å². The normalized spacial score (nSPS) is 12.7. The number of aryl methyl sites for hydroxylation is 1. The Morgan fingerprint density at radius 3 is 2.52 bits per heavy atom. The third kappa shape index (κ3) is 5.27. The van der Waals surface area contributed by atoms with Crippen LogP contribution in [0.25, 0.3) is 0 Å². The molecule has 7 heteroatoms. The average Bonchev–Trinajstić information content (AvgIpc) is 3.37. The molecule has 0 N–H and O–H groups in total. The Hall–Kier alpha value is -3.97. The van der Waals surface area contributed by atoms with Gasteiger partial charge in [0.2, 0.25) is 6.29 Å². The van der Waals surface area contributed by atoms with E-state index in [0.717, 1.165) is 5.56 Å². The molecule has 1 heterocycles. The third-order valence-corrected chi connectivity index (χ3v) is 5.06. The number of ether oxygens (including phenoxy) is 3. The summed E-state index contributed by atoms with van der Waals surface area (Å²) < 4.78 is 36.6. The maximum absolute atomic E-state index is 14.0. The van der Waals surface area contributed by atoms with Crippen molar-refractivity contribution in [2.45, 2.75) is 19.3 Å². The summed E-state index contributed by atoms with van der Waals surface area (Å²) in [5.74, 6) is -0.319. The summed E-state index contributed by atoms with van der Waals surface area (Å²) in [5, 5.41) is 0. The quantitative estimate of drug-likeness (QED) is 0.251. The zero-order valence-corrected chi connectivity index (χ0v) is 18.1. The molecule has 2 unspecified atom stereocenters. The van der Waals surface area contributed by atoms with Crippen molar-refractivity contribution in [3.05, 3.63) is 119 Å². The molecule has 4 rings (SSSR count). The molecule has 0 saturated carbocycles. The van der Waals surface area contributed by atoms with Crippen LogP contribution in [-0.4, -0.2) is 18.1 Å². The van der Waals surface area contributed by atoms with Gasteiger partial charge in [0.1, 0.15) is 29.6 Å². The number of oxazole rings is 1. The van der Waals surface area contributed by atoms with Crippen molar-refractivity contribution in [2.24, 2.45) is 0 Å². The first-order chi connectivity index (χ1) is 16.0. The lowest BCUT2D eigenvalue weighted by Crippen LogP contribution is -2.18. The number of benzene rings is 3. The molecule has 6 nitrogen and oxygen atoms in total. The zero-order valence-electron chi connectivity index (χ0n) is 18.1. The van der Waals surface area contributed by atoms with Crippen molar-refractivity contribution in [1.82, 2.24) is 4.98 Å². The van der Waals surface area contributed by atoms with E-state index in [0.29, 0.717) is 28.1 Å². The van der Waals surface area contributed by atoms with Crippen LogP contribution < -0.4 is 4.74 Å². The van der Waals surface area contributed by atoms with Crippen molar-refractivity contribution < 1.29 is 27.8 Å². The van der Waals surface area contributed by atoms with Crippen LogP contribution in [0.5, 0.6) is 5.75 Å². The van der Waals surface area contributed by atoms with E-state index >= 15 is 0 Å². The summed E-state index contributed by atoms with van der Waals surface area (Å²) in [5.41, 5.74) is 2.70. The molecule has 0 amide bonds. The lowest BCUT2D eigenvalue weighted by atomic mass is 10.0.